The fraction of sp³-hybridized carbons (Fsp3) is 0.611. The van der Waals surface area contributed by atoms with Gasteiger partial charge < -0.3 is 19.7 Å². The van der Waals surface area contributed by atoms with E-state index in [-0.39, 0.29) is 18.1 Å². The molecule has 0 unspecified atom stereocenters. The van der Waals surface area contributed by atoms with Crippen LogP contribution in [-0.4, -0.2) is 55.8 Å². The maximum Gasteiger partial charge on any atom is 0.253 e. The summed E-state index contributed by atoms with van der Waals surface area (Å²) >= 11 is 0. The normalized spacial score (nSPS) is 22.9. The van der Waals surface area contributed by atoms with E-state index in [1.165, 1.54) is 5.56 Å². The SMILES string of the molecule is Cc1ccc(C)c(OC2CCN(C(=O)[C@@H]3CNCCO3)CC2)c1. The molecule has 3 rings (SSSR count). The van der Waals surface area contributed by atoms with Gasteiger partial charge >= 0.3 is 0 Å². The molecule has 0 aliphatic carbocycles. The first-order valence-electron chi connectivity index (χ1n) is 8.48. The molecule has 0 aromatic heterocycles. The van der Waals surface area contributed by atoms with E-state index in [9.17, 15) is 4.79 Å². The monoisotopic (exact) mass is 318 g/mol. The highest BCUT2D eigenvalue weighted by atomic mass is 16.5. The molecular formula is C18H26N2O3. The van der Waals surface area contributed by atoms with Crippen LogP contribution >= 0.6 is 0 Å². The number of hydrogen-bond donors (Lipinski definition) is 1. The van der Waals surface area contributed by atoms with Gasteiger partial charge in [0.1, 0.15) is 18.0 Å². The van der Waals surface area contributed by atoms with Crippen molar-refractivity contribution in [3.8, 4) is 5.75 Å². The van der Waals surface area contributed by atoms with E-state index in [1.54, 1.807) is 0 Å². The topological polar surface area (TPSA) is 50.8 Å². The number of morpholine rings is 1. The van der Waals surface area contributed by atoms with Crippen LogP contribution in [0.5, 0.6) is 5.75 Å². The molecule has 1 aromatic carbocycles. The maximum atomic E-state index is 12.4. The average molecular weight is 318 g/mol. The van der Waals surface area contributed by atoms with E-state index in [4.69, 9.17) is 9.47 Å². The summed E-state index contributed by atoms with van der Waals surface area (Å²) in [6.07, 6.45) is 1.61. The van der Waals surface area contributed by atoms with E-state index < -0.39 is 0 Å². The minimum atomic E-state index is -0.319. The molecule has 126 valence electrons. The lowest BCUT2D eigenvalue weighted by atomic mass is 10.1. The molecule has 2 fully saturated rings. The quantitative estimate of drug-likeness (QED) is 0.921. The zero-order valence-corrected chi connectivity index (χ0v) is 14.0. The molecule has 1 atom stereocenters. The third-order valence-electron chi connectivity index (χ3n) is 4.59. The Bertz CT molecular complexity index is 547. The van der Waals surface area contributed by atoms with Crippen LogP contribution in [-0.2, 0) is 9.53 Å². The first-order chi connectivity index (χ1) is 11.1. The van der Waals surface area contributed by atoms with Crippen molar-refractivity contribution in [2.45, 2.75) is 38.9 Å². The van der Waals surface area contributed by atoms with Crippen LogP contribution in [0.1, 0.15) is 24.0 Å². The largest absolute Gasteiger partial charge is 0.490 e. The molecule has 2 aliphatic rings. The predicted molar refractivity (Wildman–Crippen MR) is 88.8 cm³/mol. The third-order valence-corrected chi connectivity index (χ3v) is 4.59. The second-order valence-corrected chi connectivity index (χ2v) is 6.48. The van der Waals surface area contributed by atoms with Crippen LogP contribution in [0.3, 0.4) is 0 Å². The van der Waals surface area contributed by atoms with E-state index in [0.717, 1.165) is 43.8 Å². The third kappa shape index (κ3) is 4.03. The standard InChI is InChI=1S/C18H26N2O3/c1-13-3-4-14(2)16(11-13)23-15-5-8-20(9-6-15)18(21)17-12-19-7-10-22-17/h3-4,11,15,17,19H,5-10,12H2,1-2H3/t17-/m0/s1. The number of carbonyl (C=O) groups excluding carboxylic acids is 1. The van der Waals surface area contributed by atoms with Crippen LogP contribution in [0.15, 0.2) is 18.2 Å². The number of hydrogen-bond acceptors (Lipinski definition) is 4. The van der Waals surface area contributed by atoms with Crippen molar-refractivity contribution in [3.05, 3.63) is 29.3 Å². The van der Waals surface area contributed by atoms with Gasteiger partial charge in [0.15, 0.2) is 0 Å². The van der Waals surface area contributed by atoms with Crippen LogP contribution in [0.25, 0.3) is 0 Å². The molecule has 1 N–H and O–H groups in total. The number of benzene rings is 1. The Balaban J connectivity index is 1.52. The first kappa shape index (κ1) is 16.3. The fourth-order valence-corrected chi connectivity index (χ4v) is 3.14. The van der Waals surface area contributed by atoms with Crippen molar-refractivity contribution >= 4 is 5.91 Å². The summed E-state index contributed by atoms with van der Waals surface area (Å²) in [5.74, 6) is 1.08. The zero-order chi connectivity index (χ0) is 16.2. The van der Waals surface area contributed by atoms with Crippen molar-refractivity contribution in [2.75, 3.05) is 32.8 Å². The molecule has 5 nitrogen and oxygen atoms in total. The molecule has 1 aromatic rings. The molecular weight excluding hydrogens is 292 g/mol. The Morgan fingerprint density at radius 1 is 1.30 bits per heavy atom. The van der Waals surface area contributed by atoms with Gasteiger partial charge in [0, 0.05) is 39.0 Å². The summed E-state index contributed by atoms with van der Waals surface area (Å²) in [6.45, 7) is 7.70. The summed E-state index contributed by atoms with van der Waals surface area (Å²) in [4.78, 5) is 14.4. The summed E-state index contributed by atoms with van der Waals surface area (Å²) in [5.41, 5.74) is 2.37. The lowest BCUT2D eigenvalue weighted by molar-refractivity contribution is -0.147. The van der Waals surface area contributed by atoms with Gasteiger partial charge in [-0.25, -0.2) is 0 Å². The zero-order valence-electron chi connectivity index (χ0n) is 14.0. The highest BCUT2D eigenvalue weighted by Crippen LogP contribution is 2.24. The molecule has 2 heterocycles. The molecule has 0 spiro atoms. The van der Waals surface area contributed by atoms with Crippen LogP contribution < -0.4 is 10.1 Å². The number of nitrogens with one attached hydrogen (secondary N) is 1. The first-order valence-corrected chi connectivity index (χ1v) is 8.48. The number of carbonyl (C=O) groups is 1. The summed E-state index contributed by atoms with van der Waals surface area (Å²) in [5, 5.41) is 3.21. The van der Waals surface area contributed by atoms with Gasteiger partial charge in [0.05, 0.1) is 6.61 Å². The smallest absolute Gasteiger partial charge is 0.253 e. The Kier molecular flexibility index (Phi) is 5.18. The fourth-order valence-electron chi connectivity index (χ4n) is 3.14. The van der Waals surface area contributed by atoms with E-state index in [1.807, 2.05) is 4.90 Å². The van der Waals surface area contributed by atoms with Crippen LogP contribution in [0, 0.1) is 13.8 Å². The number of likely N-dealkylation sites (tertiary alicyclic amines) is 1. The van der Waals surface area contributed by atoms with Crippen LogP contribution in [0.2, 0.25) is 0 Å². The highest BCUT2D eigenvalue weighted by Gasteiger charge is 2.30. The predicted octanol–water partition coefficient (Wildman–Crippen LogP) is 1.66. The van der Waals surface area contributed by atoms with Gasteiger partial charge in [0.2, 0.25) is 0 Å². The highest BCUT2D eigenvalue weighted by molar-refractivity contribution is 5.81. The second kappa shape index (κ2) is 7.32. The van der Waals surface area contributed by atoms with Crippen molar-refractivity contribution in [3.63, 3.8) is 0 Å². The average Bonchev–Trinajstić information content (AvgIpc) is 2.59. The van der Waals surface area contributed by atoms with Gasteiger partial charge in [-0.1, -0.05) is 12.1 Å². The Morgan fingerprint density at radius 3 is 2.78 bits per heavy atom. The number of rotatable bonds is 3. The van der Waals surface area contributed by atoms with Crippen molar-refractivity contribution < 1.29 is 14.3 Å². The number of amides is 1. The lowest BCUT2D eigenvalue weighted by Gasteiger charge is -2.35. The molecule has 0 bridgehead atoms. The summed E-state index contributed by atoms with van der Waals surface area (Å²) in [6, 6.07) is 6.28. The number of piperidine rings is 1. The number of aryl methyl sites for hydroxylation is 2. The Labute approximate surface area is 137 Å². The Hall–Kier alpha value is -1.59. The molecule has 5 heteroatoms. The van der Waals surface area contributed by atoms with Crippen molar-refractivity contribution in [1.82, 2.24) is 10.2 Å². The molecule has 2 saturated heterocycles. The van der Waals surface area contributed by atoms with Crippen LogP contribution in [0.4, 0.5) is 0 Å². The van der Waals surface area contributed by atoms with Gasteiger partial charge in [-0.2, -0.15) is 0 Å². The lowest BCUT2D eigenvalue weighted by Crippen LogP contribution is -2.52. The van der Waals surface area contributed by atoms with E-state index in [2.05, 4.69) is 37.4 Å². The number of nitrogens with zero attached hydrogens (tertiary/aromatic N) is 1. The summed E-state index contributed by atoms with van der Waals surface area (Å²) in [7, 11) is 0. The minimum Gasteiger partial charge on any atom is -0.490 e. The molecule has 1 amide bonds. The van der Waals surface area contributed by atoms with Crippen molar-refractivity contribution in [1.29, 1.82) is 0 Å². The van der Waals surface area contributed by atoms with Gasteiger partial charge in [-0.05, 0) is 31.0 Å². The number of ether oxygens (including phenoxy) is 2. The molecule has 23 heavy (non-hydrogen) atoms. The molecule has 0 saturated carbocycles. The van der Waals surface area contributed by atoms with E-state index in [0.29, 0.717) is 13.2 Å². The molecule has 0 radical (unpaired) electrons. The minimum absolute atomic E-state index is 0.113. The van der Waals surface area contributed by atoms with E-state index >= 15 is 0 Å². The summed E-state index contributed by atoms with van der Waals surface area (Å²) < 4.78 is 11.7. The Morgan fingerprint density at radius 2 is 2.09 bits per heavy atom. The van der Waals surface area contributed by atoms with Crippen molar-refractivity contribution in [2.24, 2.45) is 0 Å². The van der Waals surface area contributed by atoms with Gasteiger partial charge in [-0.15, -0.1) is 0 Å². The van der Waals surface area contributed by atoms with Gasteiger partial charge in [0.25, 0.3) is 5.91 Å². The maximum absolute atomic E-state index is 12.4. The molecule has 2 aliphatic heterocycles. The second-order valence-electron chi connectivity index (χ2n) is 6.48. The van der Waals surface area contributed by atoms with Gasteiger partial charge in [-0.3, -0.25) is 4.79 Å².